The molecule has 1 N–H and O–H groups in total. The van der Waals surface area contributed by atoms with Crippen LogP contribution in [-0.4, -0.2) is 56.6 Å². The van der Waals surface area contributed by atoms with E-state index in [0.29, 0.717) is 13.2 Å². The molecule has 1 rings (SSSR count). The molecule has 0 spiro atoms. The first-order valence-corrected chi connectivity index (χ1v) is 7.30. The van der Waals surface area contributed by atoms with Crippen LogP contribution in [0, 0.1) is 0 Å². The summed E-state index contributed by atoms with van der Waals surface area (Å²) in [5.74, 6) is 0. The van der Waals surface area contributed by atoms with Crippen LogP contribution in [0.2, 0.25) is 0 Å². The highest BCUT2D eigenvalue weighted by Crippen LogP contribution is 2.27. The number of rotatable bonds is 10. The highest BCUT2D eigenvalue weighted by atomic mass is 16.7. The summed E-state index contributed by atoms with van der Waals surface area (Å²) in [6.07, 6.45) is 2.81. The predicted octanol–water partition coefficient (Wildman–Crippen LogP) is 1.72. The molecule has 114 valence electrons. The van der Waals surface area contributed by atoms with Crippen LogP contribution in [0.3, 0.4) is 0 Å². The van der Waals surface area contributed by atoms with Gasteiger partial charge in [0.05, 0.1) is 6.61 Å². The lowest BCUT2D eigenvalue weighted by molar-refractivity contribution is -0.166. The molecule has 1 heterocycles. The zero-order chi connectivity index (χ0) is 14.1. The van der Waals surface area contributed by atoms with Crippen molar-refractivity contribution in [1.82, 2.24) is 0 Å². The Bertz CT molecular complexity index is 202. The van der Waals surface area contributed by atoms with Crippen molar-refractivity contribution in [1.29, 1.82) is 0 Å². The van der Waals surface area contributed by atoms with E-state index in [0.717, 1.165) is 25.7 Å². The lowest BCUT2D eigenvalue weighted by Crippen LogP contribution is -2.39. The Balaban J connectivity index is 2.55. The van der Waals surface area contributed by atoms with Crippen LogP contribution < -0.4 is 0 Å². The molecule has 0 aromatic rings. The summed E-state index contributed by atoms with van der Waals surface area (Å²) in [6.45, 7) is 5.48. The molecular weight excluding hydrogens is 248 g/mol. The minimum Gasteiger partial charge on any atom is -0.394 e. The van der Waals surface area contributed by atoms with Crippen molar-refractivity contribution < 1.29 is 24.1 Å². The van der Waals surface area contributed by atoms with Gasteiger partial charge in [-0.25, -0.2) is 0 Å². The van der Waals surface area contributed by atoms with E-state index in [9.17, 15) is 5.11 Å². The van der Waals surface area contributed by atoms with Crippen molar-refractivity contribution in [2.45, 2.75) is 64.1 Å². The Morgan fingerprint density at radius 2 is 1.58 bits per heavy atom. The van der Waals surface area contributed by atoms with Crippen LogP contribution in [0.4, 0.5) is 0 Å². The van der Waals surface area contributed by atoms with Gasteiger partial charge in [0.25, 0.3) is 0 Å². The molecule has 1 saturated heterocycles. The molecule has 4 atom stereocenters. The van der Waals surface area contributed by atoms with Crippen LogP contribution in [0.5, 0.6) is 0 Å². The van der Waals surface area contributed by atoms with Crippen molar-refractivity contribution in [3.63, 3.8) is 0 Å². The van der Waals surface area contributed by atoms with Gasteiger partial charge in [-0.15, -0.1) is 0 Å². The van der Waals surface area contributed by atoms with Gasteiger partial charge in [-0.3, -0.25) is 0 Å². The van der Waals surface area contributed by atoms with Crippen LogP contribution in [0.25, 0.3) is 0 Å². The van der Waals surface area contributed by atoms with Gasteiger partial charge < -0.3 is 24.1 Å². The molecule has 1 fully saturated rings. The first-order chi connectivity index (χ1) is 9.28. The Kier molecular flexibility index (Phi) is 8.57. The molecule has 0 bridgehead atoms. The normalized spacial score (nSPS) is 30.9. The van der Waals surface area contributed by atoms with E-state index < -0.39 is 6.29 Å². The molecule has 0 aromatic carbocycles. The van der Waals surface area contributed by atoms with Gasteiger partial charge in [0.2, 0.25) is 0 Å². The van der Waals surface area contributed by atoms with Gasteiger partial charge in [-0.05, 0) is 12.8 Å². The number of aliphatic hydroxyl groups excluding tert-OH is 1. The zero-order valence-corrected chi connectivity index (χ0v) is 12.3. The number of hydrogen-bond acceptors (Lipinski definition) is 5. The molecule has 0 radical (unpaired) electrons. The van der Waals surface area contributed by atoms with E-state index in [1.165, 1.54) is 0 Å². The summed E-state index contributed by atoms with van der Waals surface area (Å²) in [7, 11) is 1.59. The van der Waals surface area contributed by atoms with E-state index in [1.807, 2.05) is 0 Å². The standard InChI is InChI=1S/C14H28O5/c1-4-6-8-17-12-11(10-15)19-14(16-3)13(12)18-9-7-5-2/h11-15H,4-10H2,1-3H3/t11-,12-,13-,14-/m0/s1. The molecule has 0 saturated carbocycles. The van der Waals surface area contributed by atoms with Crippen molar-refractivity contribution >= 4 is 0 Å². The SMILES string of the molecule is CCCCO[C@@H]1[C@@H](OC)O[C@@H](CO)[C@@H]1OCCCC. The van der Waals surface area contributed by atoms with E-state index in [4.69, 9.17) is 18.9 Å². The molecule has 0 unspecified atom stereocenters. The Hall–Kier alpha value is -0.200. The molecule has 0 aromatic heterocycles. The fourth-order valence-corrected chi connectivity index (χ4v) is 2.13. The lowest BCUT2D eigenvalue weighted by Gasteiger charge is -2.23. The van der Waals surface area contributed by atoms with Gasteiger partial charge in [0.1, 0.15) is 18.3 Å². The summed E-state index contributed by atoms with van der Waals surface area (Å²) < 4.78 is 22.6. The average Bonchev–Trinajstić information content (AvgIpc) is 2.77. The fraction of sp³-hybridized carbons (Fsp3) is 1.00. The van der Waals surface area contributed by atoms with E-state index >= 15 is 0 Å². The van der Waals surface area contributed by atoms with Crippen molar-refractivity contribution in [2.75, 3.05) is 26.9 Å². The molecule has 0 aliphatic carbocycles. The maximum atomic E-state index is 9.38. The first-order valence-electron chi connectivity index (χ1n) is 7.30. The maximum absolute atomic E-state index is 9.38. The third-order valence-electron chi connectivity index (χ3n) is 3.30. The van der Waals surface area contributed by atoms with Crippen molar-refractivity contribution in [3.8, 4) is 0 Å². The lowest BCUT2D eigenvalue weighted by atomic mass is 10.1. The second-order valence-electron chi connectivity index (χ2n) is 4.84. The smallest absolute Gasteiger partial charge is 0.186 e. The molecule has 5 heteroatoms. The predicted molar refractivity (Wildman–Crippen MR) is 72.1 cm³/mol. The topological polar surface area (TPSA) is 57.2 Å². The summed E-state index contributed by atoms with van der Waals surface area (Å²) in [6, 6.07) is 0. The molecular formula is C14H28O5. The van der Waals surface area contributed by atoms with E-state index in [1.54, 1.807) is 7.11 Å². The van der Waals surface area contributed by atoms with Crippen LogP contribution in [0.1, 0.15) is 39.5 Å². The largest absolute Gasteiger partial charge is 0.394 e. The zero-order valence-electron chi connectivity index (χ0n) is 12.3. The number of methoxy groups -OCH3 is 1. The van der Waals surface area contributed by atoms with Gasteiger partial charge in [-0.2, -0.15) is 0 Å². The minimum absolute atomic E-state index is 0.0791. The van der Waals surface area contributed by atoms with Crippen LogP contribution in [0.15, 0.2) is 0 Å². The van der Waals surface area contributed by atoms with Crippen molar-refractivity contribution in [2.24, 2.45) is 0 Å². The number of ether oxygens (including phenoxy) is 4. The monoisotopic (exact) mass is 276 g/mol. The van der Waals surface area contributed by atoms with E-state index in [2.05, 4.69) is 13.8 Å². The second kappa shape index (κ2) is 9.66. The van der Waals surface area contributed by atoms with Crippen LogP contribution in [-0.2, 0) is 18.9 Å². The fourth-order valence-electron chi connectivity index (χ4n) is 2.13. The molecule has 19 heavy (non-hydrogen) atoms. The highest BCUT2D eigenvalue weighted by molar-refractivity contribution is 4.89. The summed E-state index contributed by atoms with van der Waals surface area (Å²) >= 11 is 0. The van der Waals surface area contributed by atoms with Crippen molar-refractivity contribution in [3.05, 3.63) is 0 Å². The van der Waals surface area contributed by atoms with Gasteiger partial charge in [-0.1, -0.05) is 26.7 Å². The summed E-state index contributed by atoms with van der Waals surface area (Å²) in [5, 5.41) is 9.38. The average molecular weight is 276 g/mol. The molecule has 5 nitrogen and oxygen atoms in total. The quantitative estimate of drug-likeness (QED) is 0.616. The third-order valence-corrected chi connectivity index (χ3v) is 3.30. The number of aliphatic hydroxyl groups is 1. The van der Waals surface area contributed by atoms with E-state index in [-0.39, 0.29) is 24.9 Å². The van der Waals surface area contributed by atoms with Gasteiger partial charge in [0.15, 0.2) is 6.29 Å². The number of unbranched alkanes of at least 4 members (excludes halogenated alkanes) is 2. The Morgan fingerprint density at radius 1 is 1.00 bits per heavy atom. The summed E-state index contributed by atoms with van der Waals surface area (Å²) in [5.41, 5.74) is 0. The Labute approximate surface area is 116 Å². The molecule has 1 aliphatic rings. The first kappa shape index (κ1) is 16.9. The maximum Gasteiger partial charge on any atom is 0.186 e. The third kappa shape index (κ3) is 5.00. The summed E-state index contributed by atoms with van der Waals surface area (Å²) in [4.78, 5) is 0. The molecule has 0 amide bonds. The minimum atomic E-state index is -0.458. The molecule has 1 aliphatic heterocycles. The highest BCUT2D eigenvalue weighted by Gasteiger charge is 2.46. The van der Waals surface area contributed by atoms with Gasteiger partial charge in [0, 0.05) is 20.3 Å². The Morgan fingerprint density at radius 3 is 2.05 bits per heavy atom. The van der Waals surface area contributed by atoms with Crippen LogP contribution >= 0.6 is 0 Å². The second-order valence-corrected chi connectivity index (χ2v) is 4.84. The number of hydrogen-bond donors (Lipinski definition) is 1. The van der Waals surface area contributed by atoms with Gasteiger partial charge >= 0.3 is 0 Å².